The van der Waals surface area contributed by atoms with Gasteiger partial charge in [0.05, 0.1) is 10.6 Å². The Morgan fingerprint density at radius 2 is 1.63 bits per heavy atom. The van der Waals surface area contributed by atoms with E-state index in [0.717, 1.165) is 11.1 Å². The second-order valence-corrected chi connectivity index (χ2v) is 9.44. The standard InChI is InChI=1S/C23H23ClN2O3S/c1-16-6-4-5-7-19(16)15-25-23(27)18-8-13-22(17(2)14-18)26(3)30(28,29)21-11-9-20(24)10-12-21/h4-14H,15H2,1-3H3,(H,25,27). The molecular weight excluding hydrogens is 420 g/mol. The maximum absolute atomic E-state index is 12.9. The van der Waals surface area contributed by atoms with Crippen LogP contribution in [0.3, 0.4) is 0 Å². The molecule has 0 spiro atoms. The Morgan fingerprint density at radius 1 is 0.967 bits per heavy atom. The van der Waals surface area contributed by atoms with Gasteiger partial charge >= 0.3 is 0 Å². The third-order valence-corrected chi connectivity index (χ3v) is 7.01. The van der Waals surface area contributed by atoms with Crippen molar-refractivity contribution in [3.05, 3.63) is 94.0 Å². The first-order chi connectivity index (χ1) is 14.2. The number of anilines is 1. The molecule has 0 bridgehead atoms. The van der Waals surface area contributed by atoms with Crippen LogP contribution in [0, 0.1) is 13.8 Å². The van der Waals surface area contributed by atoms with Crippen LogP contribution in [0.1, 0.15) is 27.0 Å². The zero-order valence-electron chi connectivity index (χ0n) is 17.0. The number of amides is 1. The van der Waals surface area contributed by atoms with Gasteiger partial charge in [0.25, 0.3) is 15.9 Å². The summed E-state index contributed by atoms with van der Waals surface area (Å²) in [6.07, 6.45) is 0. The van der Waals surface area contributed by atoms with Crippen molar-refractivity contribution in [2.24, 2.45) is 0 Å². The summed E-state index contributed by atoms with van der Waals surface area (Å²) in [6, 6.07) is 18.8. The topological polar surface area (TPSA) is 66.5 Å². The highest BCUT2D eigenvalue weighted by Gasteiger charge is 2.23. The summed E-state index contributed by atoms with van der Waals surface area (Å²) in [7, 11) is -2.25. The van der Waals surface area contributed by atoms with Crippen molar-refractivity contribution < 1.29 is 13.2 Å². The lowest BCUT2D eigenvalue weighted by Gasteiger charge is -2.22. The van der Waals surface area contributed by atoms with Crippen molar-refractivity contribution in [3.8, 4) is 0 Å². The predicted octanol–water partition coefficient (Wildman–Crippen LogP) is 4.71. The number of hydrogen-bond donors (Lipinski definition) is 1. The van der Waals surface area contributed by atoms with E-state index in [2.05, 4.69) is 5.32 Å². The molecule has 7 heteroatoms. The molecule has 0 aliphatic heterocycles. The monoisotopic (exact) mass is 442 g/mol. The Bertz CT molecular complexity index is 1180. The zero-order chi connectivity index (χ0) is 21.9. The van der Waals surface area contributed by atoms with Crippen LogP contribution in [0.2, 0.25) is 5.02 Å². The molecule has 30 heavy (non-hydrogen) atoms. The van der Waals surface area contributed by atoms with Crippen LogP contribution in [0.25, 0.3) is 0 Å². The maximum Gasteiger partial charge on any atom is 0.264 e. The van der Waals surface area contributed by atoms with Crippen molar-refractivity contribution in [3.63, 3.8) is 0 Å². The van der Waals surface area contributed by atoms with E-state index in [9.17, 15) is 13.2 Å². The summed E-state index contributed by atoms with van der Waals surface area (Å²) in [5.41, 5.74) is 3.81. The Kier molecular flexibility index (Phi) is 6.48. The molecule has 0 saturated carbocycles. The number of nitrogens with one attached hydrogen (secondary N) is 1. The number of sulfonamides is 1. The minimum atomic E-state index is -3.74. The molecule has 0 unspecified atom stereocenters. The van der Waals surface area contributed by atoms with Crippen LogP contribution in [-0.2, 0) is 16.6 Å². The van der Waals surface area contributed by atoms with Crippen molar-refractivity contribution in [2.75, 3.05) is 11.4 Å². The molecule has 3 aromatic rings. The normalized spacial score (nSPS) is 11.2. The molecule has 1 N–H and O–H groups in total. The largest absolute Gasteiger partial charge is 0.348 e. The van der Waals surface area contributed by atoms with Crippen molar-refractivity contribution >= 4 is 33.2 Å². The number of carbonyl (C=O) groups excluding carboxylic acids is 1. The Morgan fingerprint density at radius 3 is 2.27 bits per heavy atom. The highest BCUT2D eigenvalue weighted by atomic mass is 35.5. The van der Waals surface area contributed by atoms with Gasteiger partial charge in [-0.05, 0) is 73.0 Å². The van der Waals surface area contributed by atoms with E-state index in [0.29, 0.717) is 28.4 Å². The summed E-state index contributed by atoms with van der Waals surface area (Å²) in [4.78, 5) is 12.7. The highest BCUT2D eigenvalue weighted by molar-refractivity contribution is 7.92. The van der Waals surface area contributed by atoms with Gasteiger partial charge in [-0.15, -0.1) is 0 Å². The fraction of sp³-hybridized carbons (Fsp3) is 0.174. The van der Waals surface area contributed by atoms with E-state index in [1.807, 2.05) is 31.2 Å². The second-order valence-electron chi connectivity index (χ2n) is 7.04. The summed E-state index contributed by atoms with van der Waals surface area (Å²) in [6.45, 7) is 4.20. The molecule has 0 atom stereocenters. The van der Waals surface area contributed by atoms with E-state index in [1.54, 1.807) is 25.1 Å². The molecule has 0 aromatic heterocycles. The summed E-state index contributed by atoms with van der Waals surface area (Å²) < 4.78 is 27.0. The first kappa shape index (κ1) is 21.9. The Hall–Kier alpha value is -2.83. The van der Waals surface area contributed by atoms with E-state index < -0.39 is 10.0 Å². The van der Waals surface area contributed by atoms with Crippen molar-refractivity contribution in [2.45, 2.75) is 25.3 Å². The number of nitrogens with zero attached hydrogens (tertiary/aromatic N) is 1. The quantitative estimate of drug-likeness (QED) is 0.601. The maximum atomic E-state index is 12.9. The number of hydrogen-bond acceptors (Lipinski definition) is 3. The van der Waals surface area contributed by atoms with Gasteiger partial charge in [-0.1, -0.05) is 35.9 Å². The Labute approximate surface area is 182 Å². The molecule has 5 nitrogen and oxygen atoms in total. The number of benzene rings is 3. The highest BCUT2D eigenvalue weighted by Crippen LogP contribution is 2.27. The minimum Gasteiger partial charge on any atom is -0.348 e. The first-order valence-electron chi connectivity index (χ1n) is 9.38. The van der Waals surface area contributed by atoms with Gasteiger partial charge in [0.2, 0.25) is 0 Å². The lowest BCUT2D eigenvalue weighted by Crippen LogP contribution is -2.28. The van der Waals surface area contributed by atoms with Gasteiger partial charge in [0.1, 0.15) is 0 Å². The SMILES string of the molecule is Cc1ccccc1CNC(=O)c1ccc(N(C)S(=O)(=O)c2ccc(Cl)cc2)c(C)c1. The van der Waals surface area contributed by atoms with Crippen LogP contribution < -0.4 is 9.62 Å². The van der Waals surface area contributed by atoms with Crippen molar-refractivity contribution in [1.82, 2.24) is 5.32 Å². The minimum absolute atomic E-state index is 0.147. The van der Waals surface area contributed by atoms with Crippen LogP contribution in [0.5, 0.6) is 0 Å². The summed E-state index contributed by atoms with van der Waals surface area (Å²) in [5, 5.41) is 3.38. The third kappa shape index (κ3) is 4.66. The number of carbonyl (C=O) groups is 1. The van der Waals surface area contributed by atoms with E-state index in [1.165, 1.54) is 35.6 Å². The molecule has 0 radical (unpaired) electrons. The van der Waals surface area contributed by atoms with Gasteiger partial charge in [-0.2, -0.15) is 0 Å². The van der Waals surface area contributed by atoms with Crippen LogP contribution in [0.4, 0.5) is 5.69 Å². The molecule has 3 rings (SSSR count). The molecule has 1 amide bonds. The first-order valence-corrected chi connectivity index (χ1v) is 11.2. The van der Waals surface area contributed by atoms with Crippen LogP contribution in [-0.4, -0.2) is 21.4 Å². The predicted molar refractivity (Wildman–Crippen MR) is 121 cm³/mol. The smallest absolute Gasteiger partial charge is 0.264 e. The second kappa shape index (κ2) is 8.90. The fourth-order valence-electron chi connectivity index (χ4n) is 3.13. The average Bonchev–Trinajstić information content (AvgIpc) is 2.72. The van der Waals surface area contributed by atoms with Gasteiger partial charge in [0, 0.05) is 24.2 Å². The van der Waals surface area contributed by atoms with Gasteiger partial charge in [-0.3, -0.25) is 9.10 Å². The fourth-order valence-corrected chi connectivity index (χ4v) is 4.52. The lowest BCUT2D eigenvalue weighted by molar-refractivity contribution is 0.0951. The molecule has 0 aliphatic carbocycles. The van der Waals surface area contributed by atoms with E-state index in [4.69, 9.17) is 11.6 Å². The number of rotatable bonds is 6. The zero-order valence-corrected chi connectivity index (χ0v) is 18.6. The molecule has 156 valence electrons. The van der Waals surface area contributed by atoms with Crippen LogP contribution in [0.15, 0.2) is 71.6 Å². The van der Waals surface area contributed by atoms with Crippen LogP contribution >= 0.6 is 11.6 Å². The van der Waals surface area contributed by atoms with Gasteiger partial charge in [-0.25, -0.2) is 8.42 Å². The molecule has 0 heterocycles. The third-order valence-electron chi connectivity index (χ3n) is 4.97. The lowest BCUT2D eigenvalue weighted by atomic mass is 10.1. The molecule has 0 saturated heterocycles. The van der Waals surface area contributed by atoms with E-state index in [-0.39, 0.29) is 10.8 Å². The Balaban J connectivity index is 1.78. The van der Waals surface area contributed by atoms with Crippen molar-refractivity contribution in [1.29, 1.82) is 0 Å². The molecule has 0 fully saturated rings. The molecular formula is C23H23ClN2O3S. The summed E-state index contributed by atoms with van der Waals surface area (Å²) in [5.74, 6) is -0.212. The summed E-state index contributed by atoms with van der Waals surface area (Å²) >= 11 is 5.86. The number of aryl methyl sites for hydroxylation is 2. The molecule has 0 aliphatic rings. The van der Waals surface area contributed by atoms with Gasteiger partial charge in [0.15, 0.2) is 0 Å². The van der Waals surface area contributed by atoms with Gasteiger partial charge < -0.3 is 5.32 Å². The number of halogens is 1. The average molecular weight is 443 g/mol. The molecule has 3 aromatic carbocycles. The van der Waals surface area contributed by atoms with E-state index >= 15 is 0 Å².